The zero-order valence-corrected chi connectivity index (χ0v) is 17.5. The van der Waals surface area contributed by atoms with Crippen LogP contribution in [-0.4, -0.2) is 41.4 Å². The molecule has 3 aliphatic heterocycles. The second-order valence-electron chi connectivity index (χ2n) is 11.0. The fourth-order valence-corrected chi connectivity index (χ4v) is 9.25. The van der Waals surface area contributed by atoms with Crippen LogP contribution in [0.25, 0.3) is 0 Å². The van der Waals surface area contributed by atoms with Crippen molar-refractivity contribution in [3.63, 3.8) is 0 Å². The summed E-state index contributed by atoms with van der Waals surface area (Å²) in [6, 6.07) is 0.434. The van der Waals surface area contributed by atoms with E-state index in [0.29, 0.717) is 47.5 Å². The van der Waals surface area contributed by atoms with E-state index < -0.39 is 5.72 Å². The Hall–Kier alpha value is -0.610. The molecular weight excluding hydrogens is 338 g/mol. The summed E-state index contributed by atoms with van der Waals surface area (Å²) >= 11 is 0. The molecule has 3 heterocycles. The van der Waals surface area contributed by atoms with Gasteiger partial charge in [-0.2, -0.15) is 0 Å². The van der Waals surface area contributed by atoms with E-state index >= 15 is 0 Å². The van der Waals surface area contributed by atoms with Gasteiger partial charge in [0.2, 0.25) is 0 Å². The average Bonchev–Trinajstić information content (AvgIpc) is 2.62. The molecule has 8 bridgehead atoms. The summed E-state index contributed by atoms with van der Waals surface area (Å²) in [6.07, 6.45) is 8.59. The van der Waals surface area contributed by atoms with E-state index in [9.17, 15) is 9.90 Å². The van der Waals surface area contributed by atoms with Crippen molar-refractivity contribution in [2.24, 2.45) is 40.4 Å². The maximum absolute atomic E-state index is 12.2. The number of hydrogen-bond acceptors (Lipinski definition) is 4. The number of esters is 1. The second-order valence-corrected chi connectivity index (χ2v) is 11.0. The lowest BCUT2D eigenvalue weighted by atomic mass is 9.31. The van der Waals surface area contributed by atoms with Gasteiger partial charge in [0.1, 0.15) is 5.72 Å². The van der Waals surface area contributed by atoms with Crippen molar-refractivity contribution in [1.29, 1.82) is 0 Å². The first-order chi connectivity index (χ1) is 12.8. The third kappa shape index (κ3) is 2.00. The smallest absolute Gasteiger partial charge is 0.305 e. The molecule has 1 N–H and O–H groups in total. The van der Waals surface area contributed by atoms with Crippen LogP contribution in [0, 0.1) is 40.4 Å². The third-order valence-corrected chi connectivity index (χ3v) is 10.3. The van der Waals surface area contributed by atoms with Gasteiger partial charge in [-0.25, -0.2) is 0 Å². The van der Waals surface area contributed by atoms with E-state index in [0.717, 1.165) is 25.8 Å². The zero-order chi connectivity index (χ0) is 19.2. The van der Waals surface area contributed by atoms with Crippen molar-refractivity contribution < 1.29 is 14.6 Å². The summed E-state index contributed by atoms with van der Waals surface area (Å²) < 4.78 is 5.06. The summed E-state index contributed by atoms with van der Waals surface area (Å²) in [5, 5.41) is 11.9. The van der Waals surface area contributed by atoms with Crippen molar-refractivity contribution >= 4 is 5.97 Å². The highest BCUT2D eigenvalue weighted by Gasteiger charge is 2.78. The van der Waals surface area contributed by atoms with Crippen LogP contribution >= 0.6 is 0 Å². The molecule has 27 heavy (non-hydrogen) atoms. The number of methoxy groups -OCH3 is 1. The zero-order valence-electron chi connectivity index (χ0n) is 17.5. The van der Waals surface area contributed by atoms with Crippen LogP contribution in [-0.2, 0) is 9.53 Å². The van der Waals surface area contributed by atoms with Gasteiger partial charge in [0.15, 0.2) is 0 Å². The number of carbonyl (C=O) groups excluding carboxylic acids is 1. The molecule has 0 radical (unpaired) electrons. The van der Waals surface area contributed by atoms with Crippen molar-refractivity contribution in [2.75, 3.05) is 13.7 Å². The number of ether oxygens (including phenoxy) is 1. The molecule has 152 valence electrons. The minimum absolute atomic E-state index is 0.0606. The lowest BCUT2D eigenvalue weighted by Gasteiger charge is -2.82. The average molecular weight is 376 g/mol. The van der Waals surface area contributed by atoms with Crippen LogP contribution in [0.3, 0.4) is 0 Å². The van der Waals surface area contributed by atoms with Crippen LogP contribution in [0.15, 0.2) is 0 Å². The molecule has 4 heteroatoms. The van der Waals surface area contributed by atoms with E-state index in [4.69, 9.17) is 4.74 Å². The van der Waals surface area contributed by atoms with E-state index in [1.54, 1.807) is 0 Å². The number of carbonyl (C=O) groups is 1. The topological polar surface area (TPSA) is 49.8 Å². The Morgan fingerprint density at radius 1 is 1.26 bits per heavy atom. The molecule has 6 fully saturated rings. The maximum atomic E-state index is 12.2. The lowest BCUT2D eigenvalue weighted by molar-refractivity contribution is -0.388. The van der Waals surface area contributed by atoms with E-state index in [1.165, 1.54) is 32.8 Å². The van der Waals surface area contributed by atoms with Gasteiger partial charge in [0.25, 0.3) is 0 Å². The molecule has 9 unspecified atom stereocenters. The fraction of sp³-hybridized carbons (Fsp3) is 0.957. The number of hydrogen-bond donors (Lipinski definition) is 1. The van der Waals surface area contributed by atoms with E-state index in [1.807, 2.05) is 0 Å². The van der Waals surface area contributed by atoms with Gasteiger partial charge in [-0.1, -0.05) is 20.8 Å². The van der Waals surface area contributed by atoms with Gasteiger partial charge in [-0.3, -0.25) is 9.69 Å². The first-order valence-corrected chi connectivity index (χ1v) is 11.4. The summed E-state index contributed by atoms with van der Waals surface area (Å²) in [6.45, 7) is 8.37. The van der Waals surface area contributed by atoms with Gasteiger partial charge in [0.05, 0.1) is 7.11 Å². The molecule has 0 amide bonds. The summed E-state index contributed by atoms with van der Waals surface area (Å²) in [7, 11) is 1.52. The minimum Gasteiger partial charge on any atom is -0.469 e. The molecule has 0 aromatic rings. The molecule has 3 saturated carbocycles. The highest BCUT2D eigenvalue weighted by Crippen LogP contribution is 2.78. The fourth-order valence-electron chi connectivity index (χ4n) is 9.25. The first kappa shape index (κ1) is 18.4. The Morgan fingerprint density at radius 3 is 2.74 bits per heavy atom. The quantitative estimate of drug-likeness (QED) is 0.759. The predicted octanol–water partition coefficient (Wildman–Crippen LogP) is 3.82. The van der Waals surface area contributed by atoms with Gasteiger partial charge in [-0.05, 0) is 79.4 Å². The Kier molecular flexibility index (Phi) is 3.90. The standard InChI is InChI=1S/C23H37NO3/c1-14(2)16-7-10-21(3)15-12-18-17-6-5-9-23(18,26)24(13-15)20(16)22(17,21)11-8-19(25)27-4/h14-18,20,26H,5-13H2,1-4H3. The summed E-state index contributed by atoms with van der Waals surface area (Å²) in [5.41, 5.74) is -0.0923. The van der Waals surface area contributed by atoms with Crippen LogP contribution in [0.5, 0.6) is 0 Å². The molecule has 4 nitrogen and oxygen atoms in total. The Bertz CT molecular complexity index is 650. The summed E-state index contributed by atoms with van der Waals surface area (Å²) in [4.78, 5) is 14.8. The monoisotopic (exact) mass is 375 g/mol. The number of aliphatic hydroxyl groups is 1. The molecule has 0 aromatic carbocycles. The van der Waals surface area contributed by atoms with Gasteiger partial charge in [0, 0.05) is 24.9 Å². The highest BCUT2D eigenvalue weighted by molar-refractivity contribution is 5.69. The Balaban J connectivity index is 1.67. The number of piperidine rings is 3. The molecule has 6 aliphatic rings. The van der Waals surface area contributed by atoms with E-state index in [-0.39, 0.29) is 11.4 Å². The SMILES string of the molecule is COC(=O)CCC12C3CCCC4(O)C3CC3CN4C1C(C(C)C)CCC32C. The van der Waals surface area contributed by atoms with Crippen LogP contribution in [0.2, 0.25) is 0 Å². The van der Waals surface area contributed by atoms with Crippen LogP contribution < -0.4 is 0 Å². The normalized spacial score (nSPS) is 55.0. The molecular formula is C23H37NO3. The number of nitrogens with zero attached hydrogens (tertiary/aromatic N) is 1. The van der Waals surface area contributed by atoms with Gasteiger partial charge >= 0.3 is 5.97 Å². The maximum Gasteiger partial charge on any atom is 0.305 e. The Morgan fingerprint density at radius 2 is 2.04 bits per heavy atom. The van der Waals surface area contributed by atoms with Crippen molar-refractivity contribution in [2.45, 2.75) is 83.9 Å². The van der Waals surface area contributed by atoms with Crippen LogP contribution in [0.4, 0.5) is 0 Å². The largest absolute Gasteiger partial charge is 0.469 e. The molecule has 3 saturated heterocycles. The summed E-state index contributed by atoms with van der Waals surface area (Å²) in [5.74, 6) is 2.86. The minimum atomic E-state index is -0.579. The lowest BCUT2D eigenvalue weighted by Crippen LogP contribution is -2.86. The third-order valence-electron chi connectivity index (χ3n) is 10.3. The van der Waals surface area contributed by atoms with Gasteiger partial charge in [-0.15, -0.1) is 0 Å². The molecule has 3 aliphatic carbocycles. The molecule has 0 spiro atoms. The van der Waals surface area contributed by atoms with Crippen molar-refractivity contribution in [3.05, 3.63) is 0 Å². The highest BCUT2D eigenvalue weighted by atomic mass is 16.5. The molecule has 6 rings (SSSR count). The second kappa shape index (κ2) is 5.72. The van der Waals surface area contributed by atoms with Crippen molar-refractivity contribution in [1.82, 2.24) is 4.90 Å². The predicted molar refractivity (Wildman–Crippen MR) is 104 cm³/mol. The van der Waals surface area contributed by atoms with E-state index in [2.05, 4.69) is 25.7 Å². The number of rotatable bonds is 4. The Labute approximate surface area is 164 Å². The molecule has 9 atom stereocenters. The van der Waals surface area contributed by atoms with Crippen LogP contribution in [0.1, 0.15) is 72.1 Å². The molecule has 0 aromatic heterocycles. The first-order valence-electron chi connectivity index (χ1n) is 11.4. The van der Waals surface area contributed by atoms with Gasteiger partial charge < -0.3 is 9.84 Å². The van der Waals surface area contributed by atoms with Crippen molar-refractivity contribution in [3.8, 4) is 0 Å².